The predicted octanol–water partition coefficient (Wildman–Crippen LogP) is 5.55. The molecule has 0 saturated heterocycles. The first-order chi connectivity index (χ1) is 12.8. The van der Waals surface area contributed by atoms with Gasteiger partial charge >= 0.3 is 0 Å². The molecular formula is C18H13Cl2IN6. The van der Waals surface area contributed by atoms with Crippen molar-refractivity contribution in [1.29, 1.82) is 0 Å². The molecule has 0 unspecified atom stereocenters. The number of hydrogen-bond donors (Lipinski definition) is 2. The molecule has 0 bridgehead atoms. The number of nitrogens with zero attached hydrogens (tertiary/aromatic N) is 4. The Hall–Kier alpha value is -2.10. The van der Waals surface area contributed by atoms with Gasteiger partial charge in [-0.3, -0.25) is 0 Å². The number of benzene rings is 2. The van der Waals surface area contributed by atoms with E-state index >= 15 is 0 Å². The van der Waals surface area contributed by atoms with Gasteiger partial charge in [0.05, 0.1) is 32.3 Å². The molecule has 2 heterocycles. The number of aryl methyl sites for hydroxylation is 1. The van der Waals surface area contributed by atoms with Gasteiger partial charge in [-0.2, -0.15) is 0 Å². The average molecular weight is 511 g/mol. The van der Waals surface area contributed by atoms with E-state index in [4.69, 9.17) is 28.9 Å². The topological polar surface area (TPSA) is 81.7 Å². The zero-order valence-electron chi connectivity index (χ0n) is 14.1. The number of rotatable bonds is 3. The van der Waals surface area contributed by atoms with Crippen molar-refractivity contribution in [1.82, 2.24) is 19.5 Å². The van der Waals surface area contributed by atoms with Crippen LogP contribution in [0.2, 0.25) is 10.0 Å². The summed E-state index contributed by atoms with van der Waals surface area (Å²) in [6.07, 6.45) is 1.50. The Morgan fingerprint density at radius 1 is 1.15 bits per heavy atom. The van der Waals surface area contributed by atoms with Crippen LogP contribution in [-0.4, -0.2) is 19.5 Å². The normalized spacial score (nSPS) is 11.3. The summed E-state index contributed by atoms with van der Waals surface area (Å²) in [5.74, 6) is 1.45. The number of aromatic nitrogens is 4. The van der Waals surface area contributed by atoms with E-state index in [2.05, 4.69) is 49.4 Å². The highest BCUT2D eigenvalue weighted by Crippen LogP contribution is 2.34. The van der Waals surface area contributed by atoms with Crippen molar-refractivity contribution >= 4 is 88.5 Å². The van der Waals surface area contributed by atoms with Crippen molar-refractivity contribution in [2.24, 2.45) is 7.05 Å². The van der Waals surface area contributed by atoms with Gasteiger partial charge < -0.3 is 15.6 Å². The Kier molecular flexibility index (Phi) is 4.61. The standard InChI is InChI=1S/C18H13Cl2IN6/c1-8(21)18-26-14-6-13-10(5-15(14)27(18)2)17(24-7-23-13)25-9-3-11(19)16(22)12(20)4-9/h3-7H,1,22H2,2H3,(H,23,24,25). The Labute approximate surface area is 178 Å². The zero-order chi connectivity index (χ0) is 19.3. The van der Waals surface area contributed by atoms with Crippen LogP contribution < -0.4 is 11.1 Å². The third-order valence-electron chi connectivity index (χ3n) is 4.22. The van der Waals surface area contributed by atoms with E-state index in [1.165, 1.54) is 6.33 Å². The number of hydrogen-bond acceptors (Lipinski definition) is 5. The number of anilines is 3. The maximum atomic E-state index is 6.13. The molecule has 0 fully saturated rings. The number of fused-ring (bicyclic) bond motifs is 2. The third kappa shape index (κ3) is 3.19. The monoisotopic (exact) mass is 510 g/mol. The Morgan fingerprint density at radius 3 is 2.52 bits per heavy atom. The molecule has 4 rings (SSSR count). The van der Waals surface area contributed by atoms with E-state index in [1.807, 2.05) is 23.7 Å². The lowest BCUT2D eigenvalue weighted by atomic mass is 10.2. The van der Waals surface area contributed by atoms with E-state index in [1.54, 1.807) is 12.1 Å². The first-order valence-electron chi connectivity index (χ1n) is 7.82. The number of nitrogen functional groups attached to an aromatic ring is 1. The Bertz CT molecular complexity index is 1210. The van der Waals surface area contributed by atoms with Crippen molar-refractivity contribution in [2.75, 3.05) is 11.1 Å². The minimum absolute atomic E-state index is 0.347. The second-order valence-electron chi connectivity index (χ2n) is 5.96. The first-order valence-corrected chi connectivity index (χ1v) is 9.66. The van der Waals surface area contributed by atoms with Gasteiger partial charge in [-0.15, -0.1) is 0 Å². The minimum atomic E-state index is 0.347. The SMILES string of the molecule is C=C(I)c1nc2cc3ncnc(Nc4cc(Cl)c(N)c(Cl)c4)c3cc2n1C. The summed E-state index contributed by atoms with van der Waals surface area (Å²) >= 11 is 14.4. The van der Waals surface area contributed by atoms with Gasteiger partial charge in [0.1, 0.15) is 18.0 Å². The average Bonchev–Trinajstić information content (AvgIpc) is 2.94. The summed E-state index contributed by atoms with van der Waals surface area (Å²) in [5.41, 5.74) is 9.42. The fourth-order valence-corrected chi connectivity index (χ4v) is 3.85. The predicted molar refractivity (Wildman–Crippen MR) is 121 cm³/mol. The molecule has 6 nitrogen and oxygen atoms in total. The number of imidazole rings is 1. The van der Waals surface area contributed by atoms with Crippen LogP contribution in [-0.2, 0) is 7.05 Å². The van der Waals surface area contributed by atoms with Crippen LogP contribution in [0.1, 0.15) is 5.82 Å². The van der Waals surface area contributed by atoms with E-state index in [9.17, 15) is 0 Å². The summed E-state index contributed by atoms with van der Waals surface area (Å²) in [7, 11) is 1.96. The first kappa shape index (κ1) is 18.3. The maximum Gasteiger partial charge on any atom is 0.146 e. The lowest BCUT2D eigenvalue weighted by Gasteiger charge is -2.11. The highest BCUT2D eigenvalue weighted by Gasteiger charge is 2.14. The fraction of sp³-hybridized carbons (Fsp3) is 0.0556. The van der Waals surface area contributed by atoms with Crippen molar-refractivity contribution in [3.05, 3.63) is 53.0 Å². The number of nitrogens with one attached hydrogen (secondary N) is 1. The van der Waals surface area contributed by atoms with Gasteiger partial charge in [0, 0.05) is 21.7 Å². The third-order valence-corrected chi connectivity index (χ3v) is 5.33. The Morgan fingerprint density at radius 2 is 1.85 bits per heavy atom. The summed E-state index contributed by atoms with van der Waals surface area (Å²) in [4.78, 5) is 13.4. The minimum Gasteiger partial charge on any atom is -0.396 e. The van der Waals surface area contributed by atoms with Crippen LogP contribution >= 0.6 is 45.8 Å². The second-order valence-corrected chi connectivity index (χ2v) is 8.07. The molecule has 27 heavy (non-hydrogen) atoms. The van der Waals surface area contributed by atoms with Gasteiger partial charge in [-0.1, -0.05) is 29.8 Å². The van der Waals surface area contributed by atoms with Crippen LogP contribution in [0.15, 0.2) is 37.2 Å². The van der Waals surface area contributed by atoms with E-state index in [-0.39, 0.29) is 0 Å². The highest BCUT2D eigenvalue weighted by atomic mass is 127. The summed E-state index contributed by atoms with van der Waals surface area (Å²) < 4.78 is 2.86. The molecule has 0 aliphatic carbocycles. The molecule has 0 saturated carbocycles. The molecule has 0 atom stereocenters. The largest absolute Gasteiger partial charge is 0.396 e. The van der Waals surface area contributed by atoms with E-state index in [0.29, 0.717) is 27.2 Å². The molecule has 3 N–H and O–H groups in total. The summed E-state index contributed by atoms with van der Waals surface area (Å²) in [6, 6.07) is 7.35. The molecule has 2 aromatic carbocycles. The molecule has 0 radical (unpaired) electrons. The number of nitrogens with two attached hydrogens (primary N) is 1. The van der Waals surface area contributed by atoms with Crippen molar-refractivity contribution < 1.29 is 0 Å². The van der Waals surface area contributed by atoms with Crippen LogP contribution in [0.25, 0.3) is 25.5 Å². The van der Waals surface area contributed by atoms with Gasteiger partial charge in [0.2, 0.25) is 0 Å². The highest BCUT2D eigenvalue weighted by molar-refractivity contribution is 14.1. The molecule has 136 valence electrons. The van der Waals surface area contributed by atoms with Crippen LogP contribution in [0.5, 0.6) is 0 Å². The quantitative estimate of drug-likeness (QED) is 0.279. The fourth-order valence-electron chi connectivity index (χ4n) is 2.88. The molecule has 4 aromatic rings. The molecule has 0 spiro atoms. The molecule has 9 heteroatoms. The van der Waals surface area contributed by atoms with Crippen LogP contribution in [0.3, 0.4) is 0 Å². The summed E-state index contributed by atoms with van der Waals surface area (Å²) in [5, 5.41) is 4.85. The van der Waals surface area contributed by atoms with Crippen molar-refractivity contribution in [3.8, 4) is 0 Å². The number of halogens is 3. The van der Waals surface area contributed by atoms with Gasteiger partial charge in [-0.05, 0) is 46.9 Å². The van der Waals surface area contributed by atoms with Crippen LogP contribution in [0.4, 0.5) is 17.2 Å². The van der Waals surface area contributed by atoms with Crippen LogP contribution in [0, 0.1) is 0 Å². The van der Waals surface area contributed by atoms with Gasteiger partial charge in [0.15, 0.2) is 0 Å². The van der Waals surface area contributed by atoms with E-state index < -0.39 is 0 Å². The van der Waals surface area contributed by atoms with Crippen molar-refractivity contribution in [2.45, 2.75) is 0 Å². The van der Waals surface area contributed by atoms with Gasteiger partial charge in [-0.25, -0.2) is 15.0 Å². The maximum absolute atomic E-state index is 6.13. The lowest BCUT2D eigenvalue weighted by Crippen LogP contribution is -1.98. The Balaban J connectivity index is 1.88. The molecule has 0 amide bonds. The molecular weight excluding hydrogens is 498 g/mol. The van der Waals surface area contributed by atoms with Crippen molar-refractivity contribution in [3.63, 3.8) is 0 Å². The zero-order valence-corrected chi connectivity index (χ0v) is 17.8. The summed E-state index contributed by atoms with van der Waals surface area (Å²) in [6.45, 7) is 3.98. The van der Waals surface area contributed by atoms with Gasteiger partial charge in [0.25, 0.3) is 0 Å². The second kappa shape index (κ2) is 6.81. The lowest BCUT2D eigenvalue weighted by molar-refractivity contribution is 0.930. The van der Waals surface area contributed by atoms with E-state index in [0.717, 1.165) is 31.3 Å². The molecule has 2 aromatic heterocycles. The molecule has 0 aliphatic rings. The smallest absolute Gasteiger partial charge is 0.146 e. The molecule has 0 aliphatic heterocycles.